The van der Waals surface area contributed by atoms with Crippen LogP contribution in [0.15, 0.2) is 36.4 Å². The number of halogens is 2. The van der Waals surface area contributed by atoms with Gasteiger partial charge >= 0.3 is 0 Å². The van der Waals surface area contributed by atoms with E-state index in [0.717, 1.165) is 25.9 Å². The molecule has 8 heteroatoms. The molecule has 0 N–H and O–H groups in total. The molecule has 146 valence electrons. The molecule has 0 unspecified atom stereocenters. The van der Waals surface area contributed by atoms with Gasteiger partial charge < -0.3 is 14.5 Å². The number of carbonyl (C=O) groups excluding carboxylic acids is 1. The number of aromatic nitrogens is 1. The number of nitrogens with zero attached hydrogens (tertiary/aromatic N) is 3. The minimum Gasteiger partial charge on any atom is -0.484 e. The summed E-state index contributed by atoms with van der Waals surface area (Å²) in [6.07, 6.45) is 0. The maximum Gasteiger partial charge on any atom is 0.260 e. The number of benzene rings is 2. The first-order chi connectivity index (χ1) is 13.5. The van der Waals surface area contributed by atoms with Gasteiger partial charge in [0, 0.05) is 26.2 Å². The predicted octanol–water partition coefficient (Wildman–Crippen LogP) is 4.12. The summed E-state index contributed by atoms with van der Waals surface area (Å²) in [6, 6.07) is 9.53. The van der Waals surface area contributed by atoms with E-state index in [4.69, 9.17) is 21.3 Å². The van der Waals surface area contributed by atoms with Crippen molar-refractivity contribution in [3.8, 4) is 5.75 Å². The van der Waals surface area contributed by atoms with Gasteiger partial charge in [-0.1, -0.05) is 29.0 Å². The number of piperazine rings is 1. The standard InChI is InChI=1S/C20H19ClFN3O2S/c1-13-2-7-16(21)19-18(13)23-20(28-19)25-10-8-24(9-11-25)17(26)12-27-15-5-3-14(22)4-6-15/h2-7H,8-12H2,1H3. The van der Waals surface area contributed by atoms with E-state index >= 15 is 0 Å². The molecule has 4 rings (SSSR count). The molecule has 3 aromatic rings. The lowest BCUT2D eigenvalue weighted by atomic mass is 10.2. The van der Waals surface area contributed by atoms with Crippen molar-refractivity contribution in [1.82, 2.24) is 9.88 Å². The normalized spacial score (nSPS) is 14.5. The van der Waals surface area contributed by atoms with Crippen LogP contribution in [0.2, 0.25) is 5.02 Å². The van der Waals surface area contributed by atoms with Gasteiger partial charge in [0.2, 0.25) is 0 Å². The molecule has 0 aliphatic carbocycles. The van der Waals surface area contributed by atoms with E-state index in [-0.39, 0.29) is 18.3 Å². The zero-order valence-electron chi connectivity index (χ0n) is 15.3. The molecule has 1 saturated heterocycles. The highest BCUT2D eigenvalue weighted by Crippen LogP contribution is 2.35. The van der Waals surface area contributed by atoms with E-state index in [1.807, 2.05) is 19.1 Å². The Labute approximate surface area is 171 Å². The van der Waals surface area contributed by atoms with Gasteiger partial charge in [-0.3, -0.25) is 4.79 Å². The molecular weight excluding hydrogens is 401 g/mol. The van der Waals surface area contributed by atoms with Crippen molar-refractivity contribution in [3.05, 3.63) is 52.8 Å². The van der Waals surface area contributed by atoms with Gasteiger partial charge in [0.15, 0.2) is 11.7 Å². The zero-order valence-corrected chi connectivity index (χ0v) is 16.9. The van der Waals surface area contributed by atoms with Crippen molar-refractivity contribution in [1.29, 1.82) is 0 Å². The molecule has 1 amide bonds. The first-order valence-corrected chi connectivity index (χ1v) is 10.2. The van der Waals surface area contributed by atoms with Gasteiger partial charge in [-0.2, -0.15) is 0 Å². The van der Waals surface area contributed by atoms with E-state index in [1.165, 1.54) is 24.3 Å². The Balaban J connectivity index is 1.35. The summed E-state index contributed by atoms with van der Waals surface area (Å²) < 4.78 is 19.4. The van der Waals surface area contributed by atoms with Crippen molar-refractivity contribution in [2.45, 2.75) is 6.92 Å². The molecule has 1 aliphatic rings. The molecule has 0 radical (unpaired) electrons. The lowest BCUT2D eigenvalue weighted by Crippen LogP contribution is -2.50. The lowest BCUT2D eigenvalue weighted by molar-refractivity contribution is -0.133. The smallest absolute Gasteiger partial charge is 0.260 e. The third kappa shape index (κ3) is 3.91. The number of fused-ring (bicyclic) bond motifs is 1. The summed E-state index contributed by atoms with van der Waals surface area (Å²) >= 11 is 7.89. The molecule has 2 aromatic carbocycles. The number of hydrogen-bond donors (Lipinski definition) is 0. The Hall–Kier alpha value is -2.38. The van der Waals surface area contributed by atoms with Crippen molar-refractivity contribution in [2.24, 2.45) is 0 Å². The highest BCUT2D eigenvalue weighted by molar-refractivity contribution is 7.22. The summed E-state index contributed by atoms with van der Waals surface area (Å²) in [4.78, 5) is 21.1. The number of ether oxygens (including phenoxy) is 1. The lowest BCUT2D eigenvalue weighted by Gasteiger charge is -2.34. The van der Waals surface area contributed by atoms with Gasteiger partial charge in [-0.15, -0.1) is 0 Å². The molecule has 5 nitrogen and oxygen atoms in total. The number of amides is 1. The van der Waals surface area contributed by atoms with E-state index in [0.29, 0.717) is 31.9 Å². The van der Waals surface area contributed by atoms with Crippen LogP contribution in [0.3, 0.4) is 0 Å². The van der Waals surface area contributed by atoms with Crippen LogP contribution in [-0.4, -0.2) is 48.6 Å². The number of rotatable bonds is 4. The molecule has 0 atom stereocenters. The van der Waals surface area contributed by atoms with Crippen LogP contribution in [0.25, 0.3) is 10.2 Å². The quantitative estimate of drug-likeness (QED) is 0.638. The summed E-state index contributed by atoms with van der Waals surface area (Å²) in [7, 11) is 0. The Kier molecular flexibility index (Phi) is 5.37. The highest BCUT2D eigenvalue weighted by Gasteiger charge is 2.24. The van der Waals surface area contributed by atoms with Crippen molar-refractivity contribution in [2.75, 3.05) is 37.7 Å². The van der Waals surface area contributed by atoms with Gasteiger partial charge in [0.05, 0.1) is 15.2 Å². The summed E-state index contributed by atoms with van der Waals surface area (Å²) in [5.41, 5.74) is 2.05. The second-order valence-electron chi connectivity index (χ2n) is 6.65. The first kappa shape index (κ1) is 19.0. The van der Waals surface area contributed by atoms with Crippen LogP contribution in [0.1, 0.15) is 5.56 Å². The van der Waals surface area contributed by atoms with E-state index < -0.39 is 0 Å². The molecule has 0 bridgehead atoms. The minimum absolute atomic E-state index is 0.0540. The van der Waals surface area contributed by atoms with Crippen LogP contribution in [0.5, 0.6) is 5.75 Å². The third-order valence-corrected chi connectivity index (χ3v) is 6.34. The number of hydrogen-bond acceptors (Lipinski definition) is 5. The fourth-order valence-electron chi connectivity index (χ4n) is 3.14. The van der Waals surface area contributed by atoms with Crippen LogP contribution in [0, 0.1) is 12.7 Å². The number of aryl methyl sites for hydroxylation is 1. The van der Waals surface area contributed by atoms with Crippen molar-refractivity contribution >= 4 is 44.2 Å². The average Bonchev–Trinajstić information content (AvgIpc) is 3.17. The average molecular weight is 420 g/mol. The van der Waals surface area contributed by atoms with Gasteiger partial charge in [-0.05, 0) is 42.8 Å². The topological polar surface area (TPSA) is 45.7 Å². The maximum atomic E-state index is 12.9. The fourth-order valence-corrected chi connectivity index (χ4v) is 4.51. The minimum atomic E-state index is -0.332. The molecule has 0 spiro atoms. The number of anilines is 1. The Bertz CT molecular complexity index is 962. The fraction of sp³-hybridized carbons (Fsp3) is 0.300. The van der Waals surface area contributed by atoms with E-state index in [1.54, 1.807) is 16.2 Å². The highest BCUT2D eigenvalue weighted by atomic mass is 35.5. The summed E-state index contributed by atoms with van der Waals surface area (Å²) in [5.74, 6) is 0.0726. The molecule has 1 fully saturated rings. The second kappa shape index (κ2) is 7.93. The summed E-state index contributed by atoms with van der Waals surface area (Å²) in [5, 5.41) is 1.65. The molecular formula is C20H19ClFN3O2S. The molecule has 0 saturated carbocycles. The van der Waals surface area contributed by atoms with Crippen molar-refractivity contribution < 1.29 is 13.9 Å². The van der Waals surface area contributed by atoms with Crippen LogP contribution in [0.4, 0.5) is 9.52 Å². The molecule has 2 heterocycles. The maximum absolute atomic E-state index is 12.9. The molecule has 1 aromatic heterocycles. The SMILES string of the molecule is Cc1ccc(Cl)c2sc(N3CCN(C(=O)COc4ccc(F)cc4)CC3)nc12. The van der Waals surface area contributed by atoms with Gasteiger partial charge in [0.1, 0.15) is 11.6 Å². The Morgan fingerprint density at radius 1 is 1.18 bits per heavy atom. The van der Waals surface area contributed by atoms with E-state index in [2.05, 4.69) is 4.90 Å². The Morgan fingerprint density at radius 3 is 2.57 bits per heavy atom. The molecule has 28 heavy (non-hydrogen) atoms. The monoisotopic (exact) mass is 419 g/mol. The largest absolute Gasteiger partial charge is 0.484 e. The van der Waals surface area contributed by atoms with Gasteiger partial charge in [-0.25, -0.2) is 9.37 Å². The zero-order chi connectivity index (χ0) is 19.7. The number of carbonyl (C=O) groups is 1. The first-order valence-electron chi connectivity index (χ1n) is 8.98. The summed E-state index contributed by atoms with van der Waals surface area (Å²) in [6.45, 7) is 4.60. The predicted molar refractivity (Wildman–Crippen MR) is 110 cm³/mol. The van der Waals surface area contributed by atoms with E-state index in [9.17, 15) is 9.18 Å². The third-order valence-electron chi connectivity index (χ3n) is 4.76. The van der Waals surface area contributed by atoms with Crippen LogP contribution in [-0.2, 0) is 4.79 Å². The second-order valence-corrected chi connectivity index (χ2v) is 8.03. The Morgan fingerprint density at radius 2 is 1.89 bits per heavy atom. The van der Waals surface area contributed by atoms with Gasteiger partial charge in [0.25, 0.3) is 5.91 Å². The van der Waals surface area contributed by atoms with Crippen molar-refractivity contribution in [3.63, 3.8) is 0 Å². The number of thiazole rings is 1. The van der Waals surface area contributed by atoms with Crippen LogP contribution < -0.4 is 9.64 Å². The van der Waals surface area contributed by atoms with Crippen LogP contribution >= 0.6 is 22.9 Å². The molecule has 1 aliphatic heterocycles.